The van der Waals surface area contributed by atoms with Crippen LogP contribution in [0.15, 0.2) is 60.9 Å². The molecule has 4 rings (SSSR count). The number of alkyl halides is 3. The topological polar surface area (TPSA) is 99.3 Å². The summed E-state index contributed by atoms with van der Waals surface area (Å²) in [4.78, 5) is 34.2. The molecule has 182 valence electrons. The number of hydrogen-bond acceptors (Lipinski definition) is 5. The molecule has 1 aliphatic heterocycles. The Balaban J connectivity index is 1.30. The Hall–Kier alpha value is -4.15. The van der Waals surface area contributed by atoms with Crippen molar-refractivity contribution in [2.45, 2.75) is 25.6 Å². The van der Waals surface area contributed by atoms with Gasteiger partial charge in [-0.15, -0.1) is 0 Å². The van der Waals surface area contributed by atoms with Crippen LogP contribution < -0.4 is 16.0 Å². The standard InChI is InChI=1S/C24H23F3N6O2/c25-24(26,27)17-7-8-21(30-14-17)31-19-5-3-4-16-15-33(13-10-18(16)19)22(34)9-12-29-23(35)32-20-6-1-2-11-28-20/h1-8,11,14H,9-10,12-13,15H2,(H,30,31)(H2,28,29,32,35). The summed E-state index contributed by atoms with van der Waals surface area (Å²) in [6, 6.07) is 12.6. The molecule has 8 nitrogen and oxygen atoms in total. The second kappa shape index (κ2) is 10.4. The minimum Gasteiger partial charge on any atom is -0.340 e. The number of nitrogens with zero attached hydrogens (tertiary/aromatic N) is 3. The first-order valence-electron chi connectivity index (χ1n) is 10.9. The number of fused-ring (bicyclic) bond motifs is 1. The van der Waals surface area contributed by atoms with Crippen molar-refractivity contribution < 1.29 is 22.8 Å². The molecule has 0 saturated carbocycles. The van der Waals surface area contributed by atoms with E-state index in [1.807, 2.05) is 18.2 Å². The van der Waals surface area contributed by atoms with Gasteiger partial charge in [0.1, 0.15) is 11.6 Å². The Morgan fingerprint density at radius 3 is 2.57 bits per heavy atom. The molecule has 3 amide bonds. The van der Waals surface area contributed by atoms with Crippen LogP contribution in [0.4, 0.5) is 35.3 Å². The lowest BCUT2D eigenvalue weighted by atomic mass is 9.97. The maximum atomic E-state index is 12.8. The number of hydrogen-bond donors (Lipinski definition) is 3. The molecule has 3 aromatic rings. The maximum absolute atomic E-state index is 12.8. The van der Waals surface area contributed by atoms with Crippen LogP contribution in [0.25, 0.3) is 0 Å². The van der Waals surface area contributed by atoms with Gasteiger partial charge in [-0.05, 0) is 47.9 Å². The van der Waals surface area contributed by atoms with E-state index in [0.717, 1.165) is 29.1 Å². The molecule has 0 fully saturated rings. The third kappa shape index (κ3) is 6.25. The Morgan fingerprint density at radius 1 is 1.00 bits per heavy atom. The lowest BCUT2D eigenvalue weighted by molar-refractivity contribution is -0.137. The first-order valence-corrected chi connectivity index (χ1v) is 10.9. The summed E-state index contributed by atoms with van der Waals surface area (Å²) < 4.78 is 38.3. The average molecular weight is 484 g/mol. The van der Waals surface area contributed by atoms with Gasteiger partial charge in [0.25, 0.3) is 0 Å². The number of aromatic nitrogens is 2. The molecule has 0 atom stereocenters. The molecule has 3 N–H and O–H groups in total. The summed E-state index contributed by atoms with van der Waals surface area (Å²) in [5.74, 6) is 0.636. The highest BCUT2D eigenvalue weighted by Gasteiger charge is 2.30. The summed E-state index contributed by atoms with van der Waals surface area (Å²) in [6.45, 7) is 1.08. The van der Waals surface area contributed by atoms with Crippen LogP contribution >= 0.6 is 0 Å². The van der Waals surface area contributed by atoms with Crippen molar-refractivity contribution in [1.29, 1.82) is 0 Å². The van der Waals surface area contributed by atoms with Crippen molar-refractivity contribution >= 4 is 29.3 Å². The molecule has 3 heterocycles. The van der Waals surface area contributed by atoms with E-state index in [1.165, 1.54) is 6.07 Å². The van der Waals surface area contributed by atoms with Gasteiger partial charge in [-0.2, -0.15) is 13.2 Å². The molecule has 2 aromatic heterocycles. The molecule has 1 aliphatic rings. The summed E-state index contributed by atoms with van der Waals surface area (Å²) in [5, 5.41) is 8.32. The highest BCUT2D eigenvalue weighted by molar-refractivity contribution is 5.88. The van der Waals surface area contributed by atoms with E-state index in [1.54, 1.807) is 29.3 Å². The number of anilines is 3. The SMILES string of the molecule is O=C(NCCC(=O)N1CCc2c(cccc2Nc2ccc(C(F)(F)F)cn2)C1)Nc1ccccn1. The zero-order chi connectivity index (χ0) is 24.8. The van der Waals surface area contributed by atoms with Gasteiger partial charge >= 0.3 is 12.2 Å². The number of halogens is 3. The largest absolute Gasteiger partial charge is 0.417 e. The zero-order valence-electron chi connectivity index (χ0n) is 18.6. The molecule has 0 bridgehead atoms. The second-order valence-electron chi connectivity index (χ2n) is 7.91. The summed E-state index contributed by atoms with van der Waals surface area (Å²) >= 11 is 0. The number of pyridine rings is 2. The Labute approximate surface area is 199 Å². The number of nitrogens with one attached hydrogen (secondary N) is 3. The number of rotatable bonds is 6. The predicted molar refractivity (Wildman–Crippen MR) is 124 cm³/mol. The van der Waals surface area contributed by atoms with E-state index in [4.69, 9.17) is 0 Å². The molecule has 0 aliphatic carbocycles. The van der Waals surface area contributed by atoms with E-state index >= 15 is 0 Å². The average Bonchev–Trinajstić information content (AvgIpc) is 2.84. The van der Waals surface area contributed by atoms with Crippen LogP contribution in [-0.4, -0.2) is 39.9 Å². The van der Waals surface area contributed by atoms with Crippen LogP contribution in [0.5, 0.6) is 0 Å². The molecule has 0 unspecified atom stereocenters. The molecule has 0 radical (unpaired) electrons. The van der Waals surface area contributed by atoms with E-state index in [0.29, 0.717) is 31.1 Å². The highest BCUT2D eigenvalue weighted by atomic mass is 19.4. The van der Waals surface area contributed by atoms with E-state index in [2.05, 4.69) is 25.9 Å². The van der Waals surface area contributed by atoms with Crippen molar-refractivity contribution in [2.75, 3.05) is 23.7 Å². The summed E-state index contributed by atoms with van der Waals surface area (Å²) in [7, 11) is 0. The third-order valence-electron chi connectivity index (χ3n) is 5.50. The van der Waals surface area contributed by atoms with E-state index in [9.17, 15) is 22.8 Å². The summed E-state index contributed by atoms with van der Waals surface area (Å²) in [5.41, 5.74) is 1.87. The van der Waals surface area contributed by atoms with Crippen LogP contribution in [0.2, 0.25) is 0 Å². The van der Waals surface area contributed by atoms with Gasteiger partial charge in [-0.1, -0.05) is 18.2 Å². The molecular weight excluding hydrogens is 461 g/mol. The van der Waals surface area contributed by atoms with E-state index in [-0.39, 0.29) is 18.9 Å². The quantitative estimate of drug-likeness (QED) is 0.484. The van der Waals surface area contributed by atoms with Gasteiger partial charge in [0.15, 0.2) is 0 Å². The minimum absolute atomic E-state index is 0.0865. The normalized spacial score (nSPS) is 13.1. The van der Waals surface area contributed by atoms with Gasteiger partial charge in [-0.3, -0.25) is 10.1 Å². The smallest absolute Gasteiger partial charge is 0.340 e. The lowest BCUT2D eigenvalue weighted by Gasteiger charge is -2.30. The molecule has 11 heteroatoms. The molecule has 35 heavy (non-hydrogen) atoms. The van der Waals surface area contributed by atoms with Crippen LogP contribution in [0.1, 0.15) is 23.1 Å². The number of benzene rings is 1. The Kier molecular flexibility index (Phi) is 7.14. The number of amides is 3. The van der Waals surface area contributed by atoms with Crippen molar-refractivity contribution in [3.8, 4) is 0 Å². The molecule has 0 spiro atoms. The minimum atomic E-state index is -4.44. The number of urea groups is 1. The highest BCUT2D eigenvalue weighted by Crippen LogP contribution is 2.31. The fourth-order valence-electron chi connectivity index (χ4n) is 3.75. The third-order valence-corrected chi connectivity index (χ3v) is 5.50. The molecule has 1 aromatic carbocycles. The van der Waals surface area contributed by atoms with Crippen molar-refractivity contribution in [3.63, 3.8) is 0 Å². The van der Waals surface area contributed by atoms with Gasteiger partial charge in [0, 0.05) is 44.1 Å². The molecule has 0 saturated heterocycles. The number of carbonyl (C=O) groups excluding carboxylic acids is 2. The second-order valence-corrected chi connectivity index (χ2v) is 7.91. The molecular formula is C24H23F3N6O2. The van der Waals surface area contributed by atoms with Gasteiger partial charge in [-0.25, -0.2) is 14.8 Å². The first kappa shape index (κ1) is 24.0. The van der Waals surface area contributed by atoms with Crippen LogP contribution in [0, 0.1) is 0 Å². The fourth-order valence-corrected chi connectivity index (χ4v) is 3.75. The Morgan fingerprint density at radius 2 is 1.86 bits per heavy atom. The fraction of sp³-hybridized carbons (Fsp3) is 0.250. The monoisotopic (exact) mass is 484 g/mol. The number of carbonyl (C=O) groups is 2. The van der Waals surface area contributed by atoms with Gasteiger partial charge in [0.2, 0.25) is 5.91 Å². The van der Waals surface area contributed by atoms with Crippen molar-refractivity contribution in [2.24, 2.45) is 0 Å². The van der Waals surface area contributed by atoms with Gasteiger partial charge < -0.3 is 15.5 Å². The zero-order valence-corrected chi connectivity index (χ0v) is 18.6. The van der Waals surface area contributed by atoms with Crippen LogP contribution in [0.3, 0.4) is 0 Å². The maximum Gasteiger partial charge on any atom is 0.417 e. The summed E-state index contributed by atoms with van der Waals surface area (Å²) in [6.07, 6.45) is -1.35. The Bertz CT molecular complexity index is 1190. The van der Waals surface area contributed by atoms with Gasteiger partial charge in [0.05, 0.1) is 5.56 Å². The van der Waals surface area contributed by atoms with Crippen LogP contribution in [-0.2, 0) is 23.9 Å². The lowest BCUT2D eigenvalue weighted by Crippen LogP contribution is -2.38. The van der Waals surface area contributed by atoms with E-state index < -0.39 is 17.8 Å². The predicted octanol–water partition coefficient (Wildman–Crippen LogP) is 4.34. The van der Waals surface area contributed by atoms with Crippen molar-refractivity contribution in [1.82, 2.24) is 20.2 Å². The first-order chi connectivity index (χ1) is 16.8. The van der Waals surface area contributed by atoms with Crippen molar-refractivity contribution in [3.05, 3.63) is 77.6 Å².